The molecule has 0 bridgehead atoms. The second-order valence-corrected chi connectivity index (χ2v) is 12.5. The zero-order valence-corrected chi connectivity index (χ0v) is 22.9. The number of ether oxygens (including phenoxy) is 1. The Morgan fingerprint density at radius 2 is 1.94 bits per heavy atom. The van der Waals surface area contributed by atoms with Crippen molar-refractivity contribution in [2.24, 2.45) is 17.3 Å². The highest BCUT2D eigenvalue weighted by Gasteiger charge is 2.52. The molecule has 0 spiro atoms. The Hall–Kier alpha value is -1.61. The molecule has 2 fully saturated rings. The number of rotatable bonds is 2. The van der Waals surface area contributed by atoms with Gasteiger partial charge in [-0.15, -0.1) is 11.3 Å². The van der Waals surface area contributed by atoms with E-state index in [-0.39, 0.29) is 41.8 Å². The van der Waals surface area contributed by atoms with Crippen LogP contribution in [0.15, 0.2) is 11.0 Å². The molecular weight excluding hydrogens is 464 g/mol. The Kier molecular flexibility index (Phi) is 8.62. The van der Waals surface area contributed by atoms with Gasteiger partial charge in [0.15, 0.2) is 0 Å². The van der Waals surface area contributed by atoms with Gasteiger partial charge in [0.05, 0.1) is 52.5 Å². The maximum Gasteiger partial charge on any atom is 0.223 e. The second kappa shape index (κ2) is 10.8. The lowest BCUT2D eigenvalue weighted by atomic mass is 9.72. The number of ketones is 1. The van der Waals surface area contributed by atoms with Crippen LogP contribution in [0.3, 0.4) is 0 Å². The number of aryl methyl sites for hydroxylation is 1. The monoisotopic (exact) mass is 506 g/mol. The summed E-state index contributed by atoms with van der Waals surface area (Å²) in [4.78, 5) is 30.8. The van der Waals surface area contributed by atoms with Gasteiger partial charge >= 0.3 is 0 Å². The van der Waals surface area contributed by atoms with E-state index >= 15 is 0 Å². The Morgan fingerprint density at radius 1 is 1.26 bits per heavy atom. The predicted octanol–water partition coefficient (Wildman–Crippen LogP) is 4.05. The molecule has 0 radical (unpaired) electrons. The van der Waals surface area contributed by atoms with Gasteiger partial charge in [-0.3, -0.25) is 9.59 Å². The van der Waals surface area contributed by atoms with Gasteiger partial charge in [-0.05, 0) is 51.2 Å². The molecule has 3 unspecified atom stereocenters. The van der Waals surface area contributed by atoms with Crippen LogP contribution in [0, 0.1) is 24.2 Å². The van der Waals surface area contributed by atoms with Crippen LogP contribution in [0.2, 0.25) is 0 Å². The number of Topliss-reactive ketones (excluding diaryl/α,β-unsaturated/α-hetero) is 1. The number of nitrogens with zero attached hydrogens (tertiary/aromatic N) is 1. The van der Waals surface area contributed by atoms with E-state index in [0.717, 1.165) is 35.5 Å². The van der Waals surface area contributed by atoms with Crippen LogP contribution in [0.5, 0.6) is 0 Å². The van der Waals surface area contributed by atoms with E-state index in [1.54, 1.807) is 32.1 Å². The summed E-state index contributed by atoms with van der Waals surface area (Å²) < 4.78 is 6.10. The van der Waals surface area contributed by atoms with E-state index < -0.39 is 23.5 Å². The number of carbonyl (C=O) groups is 2. The SMILES string of the molecule is C/C(=C\c1csc(C)n1)C1CC2OC2(C)CCC[C@H](C)[C@H](O)[C@@H](C)C(=O)C(C)(C)[C@@H](O)CC(=O)N1. The van der Waals surface area contributed by atoms with Crippen molar-refractivity contribution in [2.45, 2.75) is 111 Å². The molecule has 3 heterocycles. The maximum absolute atomic E-state index is 13.2. The second-order valence-electron chi connectivity index (χ2n) is 11.4. The minimum atomic E-state index is -1.17. The maximum atomic E-state index is 13.2. The van der Waals surface area contributed by atoms with Crippen molar-refractivity contribution < 1.29 is 24.5 Å². The summed E-state index contributed by atoms with van der Waals surface area (Å²) in [5.41, 5.74) is 0.410. The number of aliphatic hydroxyl groups excluding tert-OH is 2. The number of carbonyl (C=O) groups excluding carboxylic acids is 2. The number of nitrogens with one attached hydrogen (secondary N) is 1. The molecule has 8 heteroatoms. The van der Waals surface area contributed by atoms with Crippen LogP contribution in [0.1, 0.15) is 84.3 Å². The zero-order chi connectivity index (χ0) is 26.1. The largest absolute Gasteiger partial charge is 0.392 e. The van der Waals surface area contributed by atoms with E-state index in [2.05, 4.69) is 17.2 Å². The topological polar surface area (TPSA) is 112 Å². The summed E-state index contributed by atoms with van der Waals surface area (Å²) in [7, 11) is 0. The first-order chi connectivity index (χ1) is 16.2. The number of hydrogen-bond donors (Lipinski definition) is 3. The molecule has 1 aromatic rings. The number of hydrogen-bond acceptors (Lipinski definition) is 7. The lowest BCUT2D eigenvalue weighted by Crippen LogP contribution is -2.47. The van der Waals surface area contributed by atoms with Gasteiger partial charge in [0, 0.05) is 17.7 Å². The molecule has 0 saturated carbocycles. The highest BCUT2D eigenvalue weighted by molar-refractivity contribution is 7.09. The van der Waals surface area contributed by atoms with Crippen molar-refractivity contribution in [3.63, 3.8) is 0 Å². The van der Waals surface area contributed by atoms with Crippen molar-refractivity contribution in [1.29, 1.82) is 0 Å². The third kappa shape index (κ3) is 6.59. The van der Waals surface area contributed by atoms with Crippen molar-refractivity contribution in [3.8, 4) is 0 Å². The number of aromatic nitrogens is 1. The first kappa shape index (κ1) is 28.0. The summed E-state index contributed by atoms with van der Waals surface area (Å²) in [6.07, 6.45) is 2.99. The van der Waals surface area contributed by atoms with Gasteiger partial charge in [-0.2, -0.15) is 0 Å². The number of epoxide rings is 1. The van der Waals surface area contributed by atoms with Crippen LogP contribution < -0.4 is 5.32 Å². The molecule has 7 atom stereocenters. The van der Waals surface area contributed by atoms with Gasteiger partial charge in [-0.25, -0.2) is 4.98 Å². The number of thiazole rings is 1. The van der Waals surface area contributed by atoms with Crippen LogP contribution in [-0.4, -0.2) is 56.8 Å². The van der Waals surface area contributed by atoms with Gasteiger partial charge in [0.25, 0.3) is 0 Å². The zero-order valence-electron chi connectivity index (χ0n) is 22.1. The highest BCUT2D eigenvalue weighted by atomic mass is 32.1. The van der Waals surface area contributed by atoms with E-state index in [0.29, 0.717) is 6.42 Å². The molecular formula is C27H42N2O5S. The lowest BCUT2D eigenvalue weighted by Gasteiger charge is -2.34. The fourth-order valence-electron chi connectivity index (χ4n) is 5.19. The molecule has 3 N–H and O–H groups in total. The van der Waals surface area contributed by atoms with Crippen molar-refractivity contribution in [1.82, 2.24) is 10.3 Å². The summed E-state index contributed by atoms with van der Waals surface area (Å²) in [5, 5.41) is 27.8. The molecule has 2 aliphatic heterocycles. The smallest absolute Gasteiger partial charge is 0.223 e. The van der Waals surface area contributed by atoms with E-state index in [4.69, 9.17) is 4.74 Å². The molecule has 1 aromatic heterocycles. The quantitative estimate of drug-likeness (QED) is 0.522. The summed E-state index contributed by atoms with van der Waals surface area (Å²) in [6, 6.07) is -0.269. The summed E-state index contributed by atoms with van der Waals surface area (Å²) in [6.45, 7) is 13.0. The molecule has 2 aliphatic rings. The average Bonchev–Trinajstić information content (AvgIpc) is 3.22. The Bertz CT molecular complexity index is 957. The van der Waals surface area contributed by atoms with Crippen LogP contribution in [-0.2, 0) is 14.3 Å². The van der Waals surface area contributed by atoms with Crippen molar-refractivity contribution >= 4 is 29.1 Å². The standard InChI is InChI=1S/C27H42N2O5S/c1-15-9-8-10-27(7)22(34-27)12-20(16(2)11-19-14-35-18(4)28-19)29-23(31)13-21(30)26(5,6)25(33)17(3)24(15)32/h11,14-15,17,20-22,24,30,32H,8-10,12-13H2,1-7H3,(H,29,31)/b16-11+/t15-,17+,20?,21-,22?,24-,27?/m0/s1. The molecule has 1 amide bonds. The van der Waals surface area contributed by atoms with E-state index in [9.17, 15) is 19.8 Å². The Morgan fingerprint density at radius 3 is 2.57 bits per heavy atom. The van der Waals surface area contributed by atoms with Crippen LogP contribution >= 0.6 is 11.3 Å². The van der Waals surface area contributed by atoms with Crippen molar-refractivity contribution in [2.75, 3.05) is 0 Å². The molecule has 0 aliphatic carbocycles. The van der Waals surface area contributed by atoms with Gasteiger partial charge in [0.1, 0.15) is 5.78 Å². The minimum absolute atomic E-state index is 0.0170. The lowest BCUT2D eigenvalue weighted by molar-refractivity contribution is -0.143. The Balaban J connectivity index is 1.85. The average molecular weight is 507 g/mol. The fourth-order valence-corrected chi connectivity index (χ4v) is 5.76. The predicted molar refractivity (Wildman–Crippen MR) is 138 cm³/mol. The Labute approximate surface area is 213 Å². The van der Waals surface area contributed by atoms with Gasteiger partial charge < -0.3 is 20.3 Å². The number of aliphatic hydroxyl groups is 2. The number of amides is 1. The molecule has 196 valence electrons. The molecule has 3 rings (SSSR count). The van der Waals surface area contributed by atoms with Gasteiger partial charge in [-0.1, -0.05) is 34.1 Å². The normalized spacial score (nSPS) is 37.5. The molecule has 2 saturated heterocycles. The van der Waals surface area contributed by atoms with Crippen LogP contribution in [0.25, 0.3) is 6.08 Å². The molecule has 0 aromatic carbocycles. The minimum Gasteiger partial charge on any atom is -0.392 e. The highest BCUT2D eigenvalue weighted by Crippen LogP contribution is 2.44. The third-order valence-corrected chi connectivity index (χ3v) is 8.86. The number of fused-ring (bicyclic) bond motifs is 1. The van der Waals surface area contributed by atoms with E-state index in [1.807, 2.05) is 32.2 Å². The van der Waals surface area contributed by atoms with E-state index in [1.165, 1.54) is 0 Å². The van der Waals surface area contributed by atoms with Crippen LogP contribution in [0.4, 0.5) is 0 Å². The summed E-state index contributed by atoms with van der Waals surface area (Å²) >= 11 is 1.58. The van der Waals surface area contributed by atoms with Gasteiger partial charge in [0.2, 0.25) is 5.91 Å². The molecule has 7 nitrogen and oxygen atoms in total. The first-order valence-electron chi connectivity index (χ1n) is 12.7. The van der Waals surface area contributed by atoms with Crippen molar-refractivity contribution in [3.05, 3.63) is 21.7 Å². The first-order valence-corrected chi connectivity index (χ1v) is 13.6. The third-order valence-electron chi connectivity index (χ3n) is 8.07. The fraction of sp³-hybridized carbons (Fsp3) is 0.741. The summed E-state index contributed by atoms with van der Waals surface area (Å²) in [5.74, 6) is -1.24. The molecule has 35 heavy (non-hydrogen) atoms.